The molecule has 8 heteroatoms. The highest BCUT2D eigenvalue weighted by atomic mass is 19.4. The van der Waals surface area contributed by atoms with Gasteiger partial charge in [-0.05, 0) is 29.6 Å². The molecular formula is C10H8F3N3O2. The third-order valence-electron chi connectivity index (χ3n) is 1.99. The van der Waals surface area contributed by atoms with E-state index in [9.17, 15) is 18.0 Å². The van der Waals surface area contributed by atoms with E-state index in [4.69, 9.17) is 5.53 Å². The summed E-state index contributed by atoms with van der Waals surface area (Å²) in [5.74, 6) is -0.551. The normalized spacial score (nSPS) is 10.6. The van der Waals surface area contributed by atoms with Gasteiger partial charge in [-0.3, -0.25) is 4.79 Å². The third-order valence-corrected chi connectivity index (χ3v) is 1.99. The third kappa shape index (κ3) is 4.34. The molecule has 0 aromatic heterocycles. The van der Waals surface area contributed by atoms with Crippen LogP contribution in [-0.2, 0) is 6.42 Å². The predicted molar refractivity (Wildman–Crippen MR) is 56.2 cm³/mol. The average Bonchev–Trinajstić information content (AvgIpc) is 2.29. The van der Waals surface area contributed by atoms with Gasteiger partial charge in [-0.25, -0.2) is 0 Å². The fourth-order valence-electron chi connectivity index (χ4n) is 1.29. The monoisotopic (exact) mass is 259 g/mol. The molecular weight excluding hydrogens is 251 g/mol. The zero-order valence-electron chi connectivity index (χ0n) is 9.02. The topological polar surface area (TPSA) is 75.1 Å². The van der Waals surface area contributed by atoms with Crippen LogP contribution in [0.15, 0.2) is 23.3 Å². The Morgan fingerprint density at radius 1 is 1.44 bits per heavy atom. The molecule has 0 fully saturated rings. The van der Waals surface area contributed by atoms with E-state index in [0.29, 0.717) is 12.0 Å². The Bertz CT molecular complexity index is 482. The summed E-state index contributed by atoms with van der Waals surface area (Å²) in [6, 6.07) is 3.70. The number of hydrogen-bond acceptors (Lipinski definition) is 3. The Kier molecular flexibility index (Phi) is 4.56. The maximum Gasteiger partial charge on any atom is 0.573 e. The molecule has 0 radical (unpaired) electrons. The Balaban J connectivity index is 2.89. The van der Waals surface area contributed by atoms with Crippen molar-refractivity contribution in [2.75, 3.05) is 6.54 Å². The van der Waals surface area contributed by atoms with Crippen LogP contribution >= 0.6 is 0 Å². The van der Waals surface area contributed by atoms with Crippen LogP contribution in [0.3, 0.4) is 0 Å². The lowest BCUT2D eigenvalue weighted by molar-refractivity contribution is -0.274. The summed E-state index contributed by atoms with van der Waals surface area (Å²) in [5, 5.41) is 3.29. The van der Waals surface area contributed by atoms with Gasteiger partial charge in [0.2, 0.25) is 0 Å². The summed E-state index contributed by atoms with van der Waals surface area (Å²) < 4.78 is 39.7. The van der Waals surface area contributed by atoms with Gasteiger partial charge in [-0.2, -0.15) is 0 Å². The lowest BCUT2D eigenvalue weighted by Crippen LogP contribution is -2.18. The zero-order chi connectivity index (χ0) is 13.6. The van der Waals surface area contributed by atoms with Crippen molar-refractivity contribution < 1.29 is 22.7 Å². The predicted octanol–water partition coefficient (Wildman–Crippen LogP) is 3.25. The van der Waals surface area contributed by atoms with Crippen molar-refractivity contribution in [1.82, 2.24) is 0 Å². The van der Waals surface area contributed by atoms with Gasteiger partial charge in [0, 0.05) is 11.5 Å². The van der Waals surface area contributed by atoms with Gasteiger partial charge < -0.3 is 4.74 Å². The maximum atomic E-state index is 12.0. The van der Waals surface area contributed by atoms with Gasteiger partial charge in [0.25, 0.3) is 0 Å². The van der Waals surface area contributed by atoms with E-state index < -0.39 is 12.1 Å². The summed E-state index contributed by atoms with van der Waals surface area (Å²) in [6.45, 7) is 0.161. The number of nitrogens with zero attached hydrogens (tertiary/aromatic N) is 3. The van der Waals surface area contributed by atoms with E-state index in [0.717, 1.165) is 6.07 Å². The SMILES string of the molecule is [N-]=[N+]=NCCc1ccc(OC(F)(F)F)c(C=O)c1. The minimum absolute atomic E-state index is 0.161. The first-order valence-corrected chi connectivity index (χ1v) is 4.81. The molecule has 0 bridgehead atoms. The first-order valence-electron chi connectivity index (χ1n) is 4.81. The highest BCUT2D eigenvalue weighted by Gasteiger charge is 2.32. The molecule has 0 atom stereocenters. The number of halogens is 3. The molecule has 0 aliphatic carbocycles. The minimum atomic E-state index is -4.84. The van der Waals surface area contributed by atoms with Crippen LogP contribution < -0.4 is 4.74 Å². The average molecular weight is 259 g/mol. The largest absolute Gasteiger partial charge is 0.573 e. The number of aldehydes is 1. The summed E-state index contributed by atoms with van der Waals surface area (Å²) >= 11 is 0. The van der Waals surface area contributed by atoms with Gasteiger partial charge >= 0.3 is 6.36 Å². The zero-order valence-corrected chi connectivity index (χ0v) is 9.02. The van der Waals surface area contributed by atoms with Crippen molar-refractivity contribution in [3.05, 3.63) is 39.8 Å². The summed E-state index contributed by atoms with van der Waals surface area (Å²) in [7, 11) is 0. The minimum Gasteiger partial charge on any atom is -0.405 e. The van der Waals surface area contributed by atoms with Crippen LogP contribution in [0.25, 0.3) is 10.4 Å². The maximum absolute atomic E-state index is 12.0. The summed E-state index contributed by atoms with van der Waals surface area (Å²) in [5.41, 5.74) is 8.45. The van der Waals surface area contributed by atoms with E-state index >= 15 is 0 Å². The standard InChI is InChI=1S/C10H8F3N3O2/c11-10(12,13)18-9-2-1-7(3-4-15-16-14)5-8(9)6-17/h1-2,5-6H,3-4H2. The molecule has 1 aromatic rings. The van der Waals surface area contributed by atoms with Crippen molar-refractivity contribution >= 4 is 6.29 Å². The molecule has 0 aliphatic rings. The number of benzene rings is 1. The van der Waals surface area contributed by atoms with E-state index in [1.807, 2.05) is 0 Å². The number of alkyl halides is 3. The Hall–Kier alpha value is -2.21. The van der Waals surface area contributed by atoms with Gasteiger partial charge in [0.1, 0.15) is 5.75 Å². The number of carbonyl (C=O) groups excluding carboxylic acids is 1. The van der Waals surface area contributed by atoms with Crippen molar-refractivity contribution in [1.29, 1.82) is 0 Å². The molecule has 1 aromatic carbocycles. The number of ether oxygens (including phenoxy) is 1. The number of hydrogen-bond donors (Lipinski definition) is 0. The molecule has 96 valence electrons. The van der Waals surface area contributed by atoms with Crippen molar-refractivity contribution in [3.63, 3.8) is 0 Å². The molecule has 0 amide bonds. The molecule has 1 rings (SSSR count). The molecule has 5 nitrogen and oxygen atoms in total. The highest BCUT2D eigenvalue weighted by molar-refractivity contribution is 5.79. The number of carbonyl (C=O) groups is 1. The van der Waals surface area contributed by atoms with Crippen LogP contribution in [-0.4, -0.2) is 19.2 Å². The Morgan fingerprint density at radius 2 is 2.17 bits per heavy atom. The quantitative estimate of drug-likeness (QED) is 0.352. The summed E-state index contributed by atoms with van der Waals surface area (Å²) in [6.07, 6.45) is -4.24. The van der Waals surface area contributed by atoms with Crippen molar-refractivity contribution in [2.24, 2.45) is 5.11 Å². The molecule has 0 heterocycles. The summed E-state index contributed by atoms with van der Waals surface area (Å²) in [4.78, 5) is 13.2. The van der Waals surface area contributed by atoms with E-state index in [2.05, 4.69) is 14.8 Å². The molecule has 0 saturated carbocycles. The second kappa shape index (κ2) is 5.92. The van der Waals surface area contributed by atoms with E-state index in [1.54, 1.807) is 0 Å². The van der Waals surface area contributed by atoms with E-state index in [-0.39, 0.29) is 18.4 Å². The second-order valence-electron chi connectivity index (χ2n) is 3.24. The van der Waals surface area contributed by atoms with Crippen LogP contribution in [0.1, 0.15) is 15.9 Å². The van der Waals surface area contributed by atoms with Crippen molar-refractivity contribution in [2.45, 2.75) is 12.8 Å². The lowest BCUT2D eigenvalue weighted by atomic mass is 10.1. The molecule has 0 unspecified atom stereocenters. The molecule has 18 heavy (non-hydrogen) atoms. The van der Waals surface area contributed by atoms with Crippen LogP contribution in [0.2, 0.25) is 0 Å². The van der Waals surface area contributed by atoms with Gasteiger partial charge in [-0.15, -0.1) is 13.2 Å². The van der Waals surface area contributed by atoms with Crippen molar-refractivity contribution in [3.8, 4) is 5.75 Å². The smallest absolute Gasteiger partial charge is 0.405 e. The second-order valence-corrected chi connectivity index (χ2v) is 3.24. The van der Waals surface area contributed by atoms with Crippen LogP contribution in [0.5, 0.6) is 5.75 Å². The first-order chi connectivity index (χ1) is 8.46. The van der Waals surface area contributed by atoms with Gasteiger partial charge in [0.05, 0.1) is 5.56 Å². The van der Waals surface area contributed by atoms with Crippen LogP contribution in [0.4, 0.5) is 13.2 Å². The van der Waals surface area contributed by atoms with Gasteiger partial charge in [0.15, 0.2) is 6.29 Å². The molecule has 0 saturated heterocycles. The van der Waals surface area contributed by atoms with Crippen LogP contribution in [0, 0.1) is 0 Å². The Labute approximate surface area is 99.8 Å². The fourth-order valence-corrected chi connectivity index (χ4v) is 1.29. The molecule has 0 N–H and O–H groups in total. The number of azide groups is 1. The lowest BCUT2D eigenvalue weighted by Gasteiger charge is -2.11. The van der Waals surface area contributed by atoms with Gasteiger partial charge in [-0.1, -0.05) is 11.2 Å². The Morgan fingerprint density at radius 3 is 2.72 bits per heavy atom. The van der Waals surface area contributed by atoms with E-state index in [1.165, 1.54) is 12.1 Å². The fraction of sp³-hybridized carbons (Fsp3) is 0.300. The highest BCUT2D eigenvalue weighted by Crippen LogP contribution is 2.26. The molecule has 0 aliphatic heterocycles. The molecule has 0 spiro atoms. The number of rotatable bonds is 5. The first kappa shape index (κ1) is 13.9.